The maximum Gasteiger partial charge on any atom is 0.135 e. The summed E-state index contributed by atoms with van der Waals surface area (Å²) in [5.74, 6) is 1.99. The highest BCUT2D eigenvalue weighted by Gasteiger charge is 2.05. The third kappa shape index (κ3) is 4.98. The molecule has 0 aliphatic rings. The largest absolute Gasteiger partial charge is 0.508 e. The van der Waals surface area contributed by atoms with Crippen molar-refractivity contribution in [1.29, 1.82) is 0 Å². The second-order valence-electron chi connectivity index (χ2n) is 6.42. The minimum Gasteiger partial charge on any atom is -0.508 e. The van der Waals surface area contributed by atoms with Crippen LogP contribution in [0.25, 0.3) is 10.8 Å². The summed E-state index contributed by atoms with van der Waals surface area (Å²) in [5.41, 5.74) is 1.84. The minimum absolute atomic E-state index is 0.291. The molecule has 2 nitrogen and oxygen atoms in total. The molecule has 0 aromatic heterocycles. The molecule has 0 aliphatic carbocycles. The van der Waals surface area contributed by atoms with Crippen molar-refractivity contribution in [3.63, 3.8) is 0 Å². The molecule has 4 aromatic carbocycles. The Kier molecular flexibility index (Phi) is 6.45. The van der Waals surface area contributed by atoms with Gasteiger partial charge in [-0.05, 0) is 72.8 Å². The highest BCUT2D eigenvalue weighted by molar-refractivity contribution is 6.31. The smallest absolute Gasteiger partial charge is 0.135 e. The molecule has 0 saturated carbocycles. The van der Waals surface area contributed by atoms with Crippen molar-refractivity contribution >= 4 is 34.0 Å². The van der Waals surface area contributed by atoms with Gasteiger partial charge >= 0.3 is 0 Å². The van der Waals surface area contributed by atoms with Crippen molar-refractivity contribution in [2.75, 3.05) is 0 Å². The van der Waals surface area contributed by atoms with Gasteiger partial charge in [0.05, 0.1) is 0 Å². The van der Waals surface area contributed by atoms with Crippen LogP contribution in [0.5, 0.6) is 17.2 Å². The van der Waals surface area contributed by atoms with Gasteiger partial charge in [0.1, 0.15) is 17.2 Å². The predicted molar refractivity (Wildman–Crippen MR) is 118 cm³/mol. The molecule has 0 saturated heterocycles. The summed E-state index contributed by atoms with van der Waals surface area (Å²) in [6.07, 6.45) is 0. The lowest BCUT2D eigenvalue weighted by Crippen LogP contribution is -1.88. The van der Waals surface area contributed by atoms with Crippen molar-refractivity contribution < 1.29 is 9.84 Å². The van der Waals surface area contributed by atoms with E-state index in [1.807, 2.05) is 49.4 Å². The van der Waals surface area contributed by atoms with Gasteiger partial charge in [-0.25, -0.2) is 0 Å². The second kappa shape index (κ2) is 9.01. The average Bonchev–Trinajstić information content (AvgIpc) is 2.68. The Morgan fingerprint density at radius 1 is 0.679 bits per heavy atom. The molecular weight excluding hydrogens is 391 g/mol. The van der Waals surface area contributed by atoms with E-state index in [0.29, 0.717) is 10.8 Å². The molecule has 0 radical (unpaired) electrons. The molecule has 0 amide bonds. The van der Waals surface area contributed by atoms with Crippen LogP contribution >= 0.6 is 23.2 Å². The number of benzene rings is 4. The number of rotatable bonds is 2. The molecule has 1 N–H and O–H groups in total. The minimum atomic E-state index is 0.291. The SMILES string of the molecule is Cc1cc(Cl)ccc1O.Cc1cc(Cl)ccc1Oc1cccc2ccccc12. The second-order valence-corrected chi connectivity index (χ2v) is 7.29. The number of halogens is 2. The zero-order chi connectivity index (χ0) is 20.1. The van der Waals surface area contributed by atoms with E-state index in [1.165, 1.54) is 5.39 Å². The zero-order valence-electron chi connectivity index (χ0n) is 15.6. The molecular formula is C24H20Cl2O2. The average molecular weight is 411 g/mol. The molecule has 0 heterocycles. The Hall–Kier alpha value is -2.68. The van der Waals surface area contributed by atoms with Crippen LogP contribution < -0.4 is 4.74 Å². The summed E-state index contributed by atoms with van der Waals surface area (Å²) >= 11 is 11.6. The number of ether oxygens (including phenoxy) is 1. The van der Waals surface area contributed by atoms with Gasteiger partial charge in [0.2, 0.25) is 0 Å². The topological polar surface area (TPSA) is 29.5 Å². The Morgan fingerprint density at radius 3 is 2.00 bits per heavy atom. The molecule has 0 unspecified atom stereocenters. The van der Waals surface area contributed by atoms with E-state index in [1.54, 1.807) is 25.1 Å². The Labute approximate surface area is 174 Å². The molecule has 0 fully saturated rings. The number of aryl methyl sites for hydroxylation is 2. The molecule has 28 heavy (non-hydrogen) atoms. The van der Waals surface area contributed by atoms with Gasteiger partial charge in [-0.3, -0.25) is 0 Å². The van der Waals surface area contributed by atoms with E-state index in [2.05, 4.69) is 18.2 Å². The van der Waals surface area contributed by atoms with Crippen molar-refractivity contribution in [1.82, 2.24) is 0 Å². The predicted octanol–water partition coefficient (Wildman–Crippen LogP) is 7.95. The van der Waals surface area contributed by atoms with Crippen molar-refractivity contribution in [3.05, 3.63) is 100 Å². The number of phenolic OH excluding ortho intramolecular Hbond substituents is 1. The molecule has 0 bridgehead atoms. The maximum absolute atomic E-state index is 8.99. The monoisotopic (exact) mass is 410 g/mol. The fraction of sp³-hybridized carbons (Fsp3) is 0.0833. The van der Waals surface area contributed by atoms with E-state index in [9.17, 15) is 0 Å². The standard InChI is InChI=1S/C17H13ClO.C7H7ClO/c1-12-11-14(18)9-10-16(12)19-17-8-4-6-13-5-2-3-7-15(13)17;1-5-4-6(8)2-3-7(5)9/h2-11H,1H3;2-4,9H,1H3. The van der Waals surface area contributed by atoms with Crippen LogP contribution in [0.1, 0.15) is 11.1 Å². The lowest BCUT2D eigenvalue weighted by Gasteiger charge is -2.11. The highest BCUT2D eigenvalue weighted by Crippen LogP contribution is 2.32. The first-order chi connectivity index (χ1) is 13.4. The van der Waals surface area contributed by atoms with Gasteiger partial charge in [0.15, 0.2) is 0 Å². The first-order valence-corrected chi connectivity index (χ1v) is 9.56. The van der Waals surface area contributed by atoms with Crippen molar-refractivity contribution in [2.24, 2.45) is 0 Å². The molecule has 0 spiro atoms. The highest BCUT2D eigenvalue weighted by atomic mass is 35.5. The Balaban J connectivity index is 0.000000211. The van der Waals surface area contributed by atoms with Gasteiger partial charge < -0.3 is 9.84 Å². The van der Waals surface area contributed by atoms with Gasteiger partial charge in [-0.2, -0.15) is 0 Å². The normalized spacial score (nSPS) is 10.3. The number of aromatic hydroxyl groups is 1. The van der Waals surface area contributed by atoms with Crippen LogP contribution in [0.2, 0.25) is 10.0 Å². The van der Waals surface area contributed by atoms with Crippen LogP contribution in [0, 0.1) is 13.8 Å². The molecule has 4 rings (SSSR count). The third-order valence-electron chi connectivity index (χ3n) is 4.27. The molecule has 0 aliphatic heterocycles. The molecule has 0 atom stereocenters. The van der Waals surface area contributed by atoms with Crippen molar-refractivity contribution in [2.45, 2.75) is 13.8 Å². The van der Waals surface area contributed by atoms with Crippen LogP contribution in [0.4, 0.5) is 0 Å². The van der Waals surface area contributed by atoms with E-state index < -0.39 is 0 Å². The van der Waals surface area contributed by atoms with E-state index in [4.69, 9.17) is 33.0 Å². The number of phenols is 1. The summed E-state index contributed by atoms with van der Waals surface area (Å²) in [6.45, 7) is 3.80. The van der Waals surface area contributed by atoms with E-state index >= 15 is 0 Å². The maximum atomic E-state index is 8.99. The zero-order valence-corrected chi connectivity index (χ0v) is 17.1. The number of hydrogen-bond acceptors (Lipinski definition) is 2. The Morgan fingerprint density at radius 2 is 1.32 bits per heavy atom. The fourth-order valence-corrected chi connectivity index (χ4v) is 3.20. The molecule has 4 heteroatoms. The van der Waals surface area contributed by atoms with Crippen LogP contribution in [0.15, 0.2) is 78.9 Å². The summed E-state index contributed by atoms with van der Waals surface area (Å²) in [7, 11) is 0. The first kappa shape index (κ1) is 20.1. The quantitative estimate of drug-likeness (QED) is 0.363. The molecule has 142 valence electrons. The van der Waals surface area contributed by atoms with Gasteiger partial charge in [0, 0.05) is 15.4 Å². The summed E-state index contributed by atoms with van der Waals surface area (Å²) < 4.78 is 6.02. The lowest BCUT2D eigenvalue weighted by molar-refractivity contribution is 0.471. The van der Waals surface area contributed by atoms with Gasteiger partial charge in [-0.1, -0.05) is 59.6 Å². The molecule has 4 aromatic rings. The van der Waals surface area contributed by atoms with E-state index in [-0.39, 0.29) is 0 Å². The Bertz CT molecular complexity index is 1100. The van der Waals surface area contributed by atoms with Gasteiger partial charge in [0.25, 0.3) is 0 Å². The van der Waals surface area contributed by atoms with Gasteiger partial charge in [-0.15, -0.1) is 0 Å². The van der Waals surface area contributed by atoms with Crippen molar-refractivity contribution in [3.8, 4) is 17.2 Å². The number of hydrogen-bond donors (Lipinski definition) is 1. The lowest BCUT2D eigenvalue weighted by atomic mass is 10.1. The van der Waals surface area contributed by atoms with Crippen LogP contribution in [-0.4, -0.2) is 5.11 Å². The summed E-state index contributed by atoms with van der Waals surface area (Å²) in [5, 5.41) is 12.7. The summed E-state index contributed by atoms with van der Waals surface area (Å²) in [6, 6.07) is 24.9. The first-order valence-electron chi connectivity index (χ1n) is 8.81. The fourth-order valence-electron chi connectivity index (χ4n) is 2.75. The summed E-state index contributed by atoms with van der Waals surface area (Å²) in [4.78, 5) is 0. The van der Waals surface area contributed by atoms with Crippen LogP contribution in [-0.2, 0) is 0 Å². The van der Waals surface area contributed by atoms with Crippen LogP contribution in [0.3, 0.4) is 0 Å². The number of fused-ring (bicyclic) bond motifs is 1. The third-order valence-corrected chi connectivity index (χ3v) is 4.74. The van der Waals surface area contributed by atoms with E-state index in [0.717, 1.165) is 33.0 Å².